The number of halogens is 1. The summed E-state index contributed by atoms with van der Waals surface area (Å²) >= 11 is 10.9. The van der Waals surface area contributed by atoms with Crippen molar-refractivity contribution in [3.8, 4) is 0 Å². The normalized spacial score (nSPS) is 9.89. The van der Waals surface area contributed by atoms with Crippen molar-refractivity contribution in [1.82, 2.24) is 0 Å². The lowest BCUT2D eigenvalue weighted by Gasteiger charge is -2.09. The molecule has 4 nitrogen and oxygen atoms in total. The van der Waals surface area contributed by atoms with Gasteiger partial charge in [-0.3, -0.25) is 4.79 Å². The number of anilines is 1. The van der Waals surface area contributed by atoms with Gasteiger partial charge in [-0.25, -0.2) is 0 Å². The Hall–Kier alpha value is -1.33. The number of benzene rings is 1. The summed E-state index contributed by atoms with van der Waals surface area (Å²) in [4.78, 5) is 11.4. The number of ether oxygens (including phenoxy) is 1. The minimum absolute atomic E-state index is 0.235. The predicted molar refractivity (Wildman–Crippen MR) is 77.1 cm³/mol. The molecule has 0 aromatic heterocycles. The first-order chi connectivity index (χ1) is 8.54. The Morgan fingerprint density at radius 2 is 2.28 bits per heavy atom. The molecule has 0 heterocycles. The van der Waals surface area contributed by atoms with Gasteiger partial charge in [-0.2, -0.15) is 0 Å². The zero-order valence-electron chi connectivity index (χ0n) is 10.0. The fourth-order valence-electron chi connectivity index (χ4n) is 1.34. The van der Waals surface area contributed by atoms with Crippen LogP contribution >= 0.6 is 23.8 Å². The maximum absolute atomic E-state index is 11.1. The number of nitrogens with two attached hydrogens (primary N) is 1. The lowest BCUT2D eigenvalue weighted by atomic mass is 10.2. The molecule has 3 N–H and O–H groups in total. The van der Waals surface area contributed by atoms with Gasteiger partial charge in [0.15, 0.2) is 0 Å². The first kappa shape index (κ1) is 14.7. The van der Waals surface area contributed by atoms with Crippen molar-refractivity contribution in [3.63, 3.8) is 0 Å². The van der Waals surface area contributed by atoms with Crippen molar-refractivity contribution in [3.05, 3.63) is 28.8 Å². The van der Waals surface area contributed by atoms with Crippen molar-refractivity contribution in [2.24, 2.45) is 5.73 Å². The average molecular weight is 287 g/mol. The number of hydrogen-bond acceptors (Lipinski definition) is 4. The third-order valence-corrected chi connectivity index (χ3v) is 2.75. The molecular formula is C12H15ClN2O2S. The van der Waals surface area contributed by atoms with Crippen LogP contribution in [0.25, 0.3) is 0 Å². The number of thiocarbonyl (C=S) groups is 1. The first-order valence-corrected chi connectivity index (χ1v) is 6.32. The number of rotatable bonds is 6. The van der Waals surface area contributed by atoms with Crippen LogP contribution in [0.4, 0.5) is 5.69 Å². The molecule has 1 rings (SSSR count). The molecule has 0 aliphatic heterocycles. The van der Waals surface area contributed by atoms with E-state index in [4.69, 9.17) is 34.3 Å². The minimum atomic E-state index is -0.235. The van der Waals surface area contributed by atoms with Crippen LogP contribution in [0.15, 0.2) is 18.2 Å². The first-order valence-electron chi connectivity index (χ1n) is 5.53. The van der Waals surface area contributed by atoms with Crippen molar-refractivity contribution in [1.29, 1.82) is 0 Å². The zero-order valence-corrected chi connectivity index (χ0v) is 11.6. The van der Waals surface area contributed by atoms with Crippen molar-refractivity contribution in [2.45, 2.75) is 13.3 Å². The Balaban J connectivity index is 2.53. The summed E-state index contributed by atoms with van der Waals surface area (Å²) in [5.41, 5.74) is 6.95. The summed E-state index contributed by atoms with van der Waals surface area (Å²) in [6, 6.07) is 5.25. The van der Waals surface area contributed by atoms with Crippen LogP contribution in [0.5, 0.6) is 0 Å². The third kappa shape index (κ3) is 4.50. The van der Waals surface area contributed by atoms with Crippen LogP contribution in [-0.2, 0) is 9.53 Å². The van der Waals surface area contributed by atoms with E-state index in [-0.39, 0.29) is 5.97 Å². The number of carbonyl (C=O) groups is 1. The lowest BCUT2D eigenvalue weighted by molar-refractivity contribution is -0.142. The highest BCUT2D eigenvalue weighted by Crippen LogP contribution is 2.22. The Kier molecular flexibility index (Phi) is 5.88. The summed E-state index contributed by atoms with van der Waals surface area (Å²) in [5.74, 6) is -0.235. The van der Waals surface area contributed by atoms with Gasteiger partial charge < -0.3 is 15.8 Å². The highest BCUT2D eigenvalue weighted by Gasteiger charge is 2.05. The summed E-state index contributed by atoms with van der Waals surface area (Å²) in [6.45, 7) is 2.63. The van der Waals surface area contributed by atoms with E-state index >= 15 is 0 Å². The van der Waals surface area contributed by atoms with Crippen LogP contribution in [0.2, 0.25) is 5.02 Å². The molecule has 0 radical (unpaired) electrons. The van der Waals surface area contributed by atoms with E-state index in [0.29, 0.717) is 35.1 Å². The van der Waals surface area contributed by atoms with Gasteiger partial charge in [-0.15, -0.1) is 0 Å². The van der Waals surface area contributed by atoms with Gasteiger partial charge >= 0.3 is 5.97 Å². The number of nitrogens with one attached hydrogen (secondary N) is 1. The smallest absolute Gasteiger partial charge is 0.307 e. The minimum Gasteiger partial charge on any atom is -0.466 e. The highest BCUT2D eigenvalue weighted by molar-refractivity contribution is 7.80. The topological polar surface area (TPSA) is 64.3 Å². The molecule has 1 aromatic rings. The van der Waals surface area contributed by atoms with E-state index in [0.717, 1.165) is 5.69 Å². The van der Waals surface area contributed by atoms with E-state index in [1.807, 2.05) is 0 Å². The van der Waals surface area contributed by atoms with Gasteiger partial charge in [0.05, 0.1) is 23.7 Å². The molecule has 0 spiro atoms. The molecule has 6 heteroatoms. The van der Waals surface area contributed by atoms with Gasteiger partial charge in [0, 0.05) is 12.1 Å². The summed E-state index contributed by atoms with van der Waals surface area (Å²) < 4.78 is 4.82. The van der Waals surface area contributed by atoms with Gasteiger partial charge in [-0.05, 0) is 25.1 Å². The van der Waals surface area contributed by atoms with Crippen LogP contribution in [0.1, 0.15) is 18.9 Å². The van der Waals surface area contributed by atoms with E-state index in [1.54, 1.807) is 25.1 Å². The maximum atomic E-state index is 11.1. The molecular weight excluding hydrogens is 272 g/mol. The van der Waals surface area contributed by atoms with Gasteiger partial charge in [-0.1, -0.05) is 23.8 Å². The molecule has 1 aromatic carbocycles. The molecule has 0 saturated carbocycles. The van der Waals surface area contributed by atoms with Crippen molar-refractivity contribution in [2.75, 3.05) is 18.5 Å². The van der Waals surface area contributed by atoms with Crippen LogP contribution in [-0.4, -0.2) is 24.1 Å². The molecule has 0 fully saturated rings. The van der Waals surface area contributed by atoms with Crippen molar-refractivity contribution >= 4 is 40.5 Å². The summed E-state index contributed by atoms with van der Waals surface area (Å²) in [6.07, 6.45) is 0.293. The average Bonchev–Trinajstić information content (AvgIpc) is 2.31. The van der Waals surface area contributed by atoms with Crippen LogP contribution in [0, 0.1) is 0 Å². The lowest BCUT2D eigenvalue weighted by Crippen LogP contribution is -2.12. The number of esters is 1. The molecule has 98 valence electrons. The van der Waals surface area contributed by atoms with Crippen LogP contribution < -0.4 is 11.1 Å². The van der Waals surface area contributed by atoms with Gasteiger partial charge in [0.25, 0.3) is 0 Å². The van der Waals surface area contributed by atoms with E-state index < -0.39 is 0 Å². The molecule has 0 saturated heterocycles. The highest BCUT2D eigenvalue weighted by atomic mass is 35.5. The molecule has 18 heavy (non-hydrogen) atoms. The monoisotopic (exact) mass is 286 g/mol. The second-order valence-corrected chi connectivity index (χ2v) is 4.39. The molecule has 0 bridgehead atoms. The van der Waals surface area contributed by atoms with Crippen LogP contribution in [0.3, 0.4) is 0 Å². The summed E-state index contributed by atoms with van der Waals surface area (Å²) in [7, 11) is 0. The number of hydrogen-bond donors (Lipinski definition) is 2. The van der Waals surface area contributed by atoms with Gasteiger partial charge in [0.1, 0.15) is 4.99 Å². The Morgan fingerprint density at radius 1 is 1.56 bits per heavy atom. The van der Waals surface area contributed by atoms with E-state index in [2.05, 4.69) is 5.32 Å². The van der Waals surface area contributed by atoms with Gasteiger partial charge in [0.2, 0.25) is 0 Å². The fraction of sp³-hybridized carbons (Fsp3) is 0.333. The summed E-state index contributed by atoms with van der Waals surface area (Å²) in [5, 5.41) is 3.57. The molecule has 0 atom stereocenters. The molecule has 0 amide bonds. The second-order valence-electron chi connectivity index (χ2n) is 3.54. The molecule has 0 aliphatic carbocycles. The quantitative estimate of drug-likeness (QED) is 0.621. The zero-order chi connectivity index (χ0) is 13.5. The second kappa shape index (κ2) is 7.18. The maximum Gasteiger partial charge on any atom is 0.307 e. The van der Waals surface area contributed by atoms with Crippen molar-refractivity contribution < 1.29 is 9.53 Å². The number of carbonyl (C=O) groups excluding carboxylic acids is 1. The molecule has 0 aliphatic rings. The standard InChI is InChI=1S/C12H15ClN2O2S/c1-2-17-11(16)5-6-15-10-4-3-8(12(14)18)7-9(10)13/h3-4,7,15H,2,5-6H2,1H3,(H2,14,18). The third-order valence-electron chi connectivity index (χ3n) is 2.20. The van der Waals surface area contributed by atoms with E-state index in [1.165, 1.54) is 0 Å². The van der Waals surface area contributed by atoms with E-state index in [9.17, 15) is 4.79 Å². The Morgan fingerprint density at radius 3 is 2.83 bits per heavy atom. The molecule has 0 unspecified atom stereocenters. The Bertz CT molecular complexity index is 452. The fourth-order valence-corrected chi connectivity index (χ4v) is 1.72. The SMILES string of the molecule is CCOC(=O)CCNc1ccc(C(N)=S)cc1Cl. The largest absolute Gasteiger partial charge is 0.466 e. The predicted octanol–water partition coefficient (Wildman–Crippen LogP) is 2.34. The Labute approximate surface area is 116 Å².